The number of benzene rings is 2. The Morgan fingerprint density at radius 3 is 2.50 bits per heavy atom. The van der Waals surface area contributed by atoms with Gasteiger partial charge in [0.25, 0.3) is 0 Å². The van der Waals surface area contributed by atoms with Crippen LogP contribution in [0.5, 0.6) is 11.5 Å². The molecule has 9 nitrogen and oxygen atoms in total. The van der Waals surface area contributed by atoms with Gasteiger partial charge in [-0.15, -0.1) is 0 Å². The molecule has 0 unspecified atom stereocenters. The first-order chi connectivity index (χ1) is 16.6. The minimum atomic E-state index is -0.308. The van der Waals surface area contributed by atoms with Crippen LogP contribution in [0.3, 0.4) is 0 Å². The molecule has 2 aromatic carbocycles. The van der Waals surface area contributed by atoms with Crippen molar-refractivity contribution in [1.82, 2.24) is 15.0 Å². The Morgan fingerprint density at radius 2 is 1.76 bits per heavy atom. The summed E-state index contributed by atoms with van der Waals surface area (Å²) in [6.07, 6.45) is 5.03. The molecule has 2 N–H and O–H groups in total. The number of halogens is 1. The molecular formula is C24H28FN7O2. The van der Waals surface area contributed by atoms with Gasteiger partial charge in [0, 0.05) is 18.8 Å². The standard InChI is InChI=1S/C24H28FN7O2/c1-3-34-20-12-7-17(15-21(20)33-2)16-26-31-23-28-22(27-19-10-8-18(25)9-11-19)29-24(30-23)32-13-5-4-6-14-32/h7-12,15-16H,3-6,13-14H2,1-2H3,(H2,27,28,29,30,31)/b26-16+. The topological polar surface area (TPSA) is 96.8 Å². The van der Waals surface area contributed by atoms with E-state index < -0.39 is 0 Å². The van der Waals surface area contributed by atoms with E-state index in [0.717, 1.165) is 31.5 Å². The zero-order valence-corrected chi connectivity index (χ0v) is 19.3. The van der Waals surface area contributed by atoms with Gasteiger partial charge in [0.05, 0.1) is 19.9 Å². The number of ether oxygens (including phenoxy) is 2. The van der Waals surface area contributed by atoms with Crippen LogP contribution in [0, 0.1) is 5.82 Å². The number of nitrogens with one attached hydrogen (secondary N) is 2. The molecule has 0 spiro atoms. The van der Waals surface area contributed by atoms with E-state index in [1.807, 2.05) is 25.1 Å². The summed E-state index contributed by atoms with van der Waals surface area (Å²) in [5, 5.41) is 7.40. The zero-order chi connectivity index (χ0) is 23.8. The molecule has 0 saturated carbocycles. The molecule has 4 rings (SSSR count). The number of nitrogens with zero attached hydrogens (tertiary/aromatic N) is 5. The van der Waals surface area contributed by atoms with E-state index in [0.29, 0.717) is 41.6 Å². The van der Waals surface area contributed by atoms with Gasteiger partial charge in [-0.05, 0) is 74.2 Å². The van der Waals surface area contributed by atoms with Crippen LogP contribution < -0.4 is 25.1 Å². The number of rotatable bonds is 9. The van der Waals surface area contributed by atoms with E-state index in [2.05, 4.69) is 35.7 Å². The van der Waals surface area contributed by atoms with Gasteiger partial charge in [0.1, 0.15) is 5.82 Å². The summed E-state index contributed by atoms with van der Waals surface area (Å²) in [4.78, 5) is 15.7. The third-order valence-corrected chi connectivity index (χ3v) is 5.23. The number of anilines is 4. The number of hydrogen-bond donors (Lipinski definition) is 2. The molecule has 0 aliphatic carbocycles. The van der Waals surface area contributed by atoms with Crippen molar-refractivity contribution in [2.24, 2.45) is 5.10 Å². The summed E-state index contributed by atoms with van der Waals surface area (Å²) in [5.41, 5.74) is 4.39. The highest BCUT2D eigenvalue weighted by Crippen LogP contribution is 2.27. The highest BCUT2D eigenvalue weighted by atomic mass is 19.1. The quantitative estimate of drug-likeness (QED) is 0.350. The van der Waals surface area contributed by atoms with Crippen LogP contribution in [-0.4, -0.2) is 48.0 Å². The van der Waals surface area contributed by atoms with Crippen LogP contribution in [0.1, 0.15) is 31.7 Å². The molecule has 2 heterocycles. The second-order valence-electron chi connectivity index (χ2n) is 7.68. The Hall–Kier alpha value is -3.95. The van der Waals surface area contributed by atoms with Crippen LogP contribution in [0.15, 0.2) is 47.6 Å². The molecule has 3 aromatic rings. The highest BCUT2D eigenvalue weighted by molar-refractivity contribution is 5.81. The predicted octanol–water partition coefficient (Wildman–Crippen LogP) is 4.60. The average Bonchev–Trinajstić information content (AvgIpc) is 2.87. The van der Waals surface area contributed by atoms with Gasteiger partial charge < -0.3 is 19.7 Å². The van der Waals surface area contributed by atoms with Gasteiger partial charge in [-0.25, -0.2) is 9.82 Å². The minimum absolute atomic E-state index is 0.300. The van der Waals surface area contributed by atoms with Crippen molar-refractivity contribution in [1.29, 1.82) is 0 Å². The summed E-state index contributed by atoms with van der Waals surface area (Å²) in [5.74, 6) is 2.22. The highest BCUT2D eigenvalue weighted by Gasteiger charge is 2.16. The second-order valence-corrected chi connectivity index (χ2v) is 7.68. The van der Waals surface area contributed by atoms with Crippen LogP contribution in [0.2, 0.25) is 0 Å². The Kier molecular flexibility index (Phi) is 7.69. The lowest BCUT2D eigenvalue weighted by Gasteiger charge is -2.26. The molecule has 0 radical (unpaired) electrons. The molecule has 1 aliphatic heterocycles. The molecule has 0 bridgehead atoms. The number of piperidine rings is 1. The van der Waals surface area contributed by atoms with Crippen LogP contribution in [0.4, 0.5) is 27.9 Å². The second kappa shape index (κ2) is 11.3. The fourth-order valence-corrected chi connectivity index (χ4v) is 3.57. The molecular weight excluding hydrogens is 437 g/mol. The van der Waals surface area contributed by atoms with Crippen molar-refractivity contribution < 1.29 is 13.9 Å². The molecule has 1 saturated heterocycles. The van der Waals surface area contributed by atoms with Gasteiger partial charge in [-0.1, -0.05) is 0 Å². The number of hydrazone groups is 1. The fourth-order valence-electron chi connectivity index (χ4n) is 3.57. The SMILES string of the molecule is CCOc1ccc(/C=N/Nc2nc(Nc3ccc(F)cc3)nc(N3CCCCC3)n2)cc1OC. The van der Waals surface area contributed by atoms with E-state index in [4.69, 9.17) is 9.47 Å². The number of methoxy groups -OCH3 is 1. The Labute approximate surface area is 198 Å². The van der Waals surface area contributed by atoms with E-state index >= 15 is 0 Å². The van der Waals surface area contributed by atoms with Crippen molar-refractivity contribution in [3.05, 3.63) is 53.8 Å². The Balaban J connectivity index is 1.54. The largest absolute Gasteiger partial charge is 0.493 e. The van der Waals surface area contributed by atoms with Crippen molar-refractivity contribution >= 4 is 29.7 Å². The Bertz CT molecular complexity index is 1120. The van der Waals surface area contributed by atoms with E-state index in [1.165, 1.54) is 18.6 Å². The van der Waals surface area contributed by atoms with Crippen LogP contribution in [0.25, 0.3) is 0 Å². The molecule has 1 aromatic heterocycles. The number of aromatic nitrogens is 3. The molecule has 0 amide bonds. The van der Waals surface area contributed by atoms with Gasteiger partial charge in [0.2, 0.25) is 17.8 Å². The average molecular weight is 466 g/mol. The normalized spacial score (nSPS) is 13.7. The lowest BCUT2D eigenvalue weighted by molar-refractivity contribution is 0.311. The van der Waals surface area contributed by atoms with Crippen LogP contribution in [-0.2, 0) is 0 Å². The lowest BCUT2D eigenvalue weighted by Crippen LogP contribution is -2.31. The smallest absolute Gasteiger partial charge is 0.250 e. The first-order valence-corrected chi connectivity index (χ1v) is 11.3. The van der Waals surface area contributed by atoms with E-state index in [1.54, 1.807) is 25.5 Å². The molecule has 34 heavy (non-hydrogen) atoms. The first kappa shape index (κ1) is 23.2. The van der Waals surface area contributed by atoms with E-state index in [9.17, 15) is 4.39 Å². The maximum Gasteiger partial charge on any atom is 0.250 e. The first-order valence-electron chi connectivity index (χ1n) is 11.3. The van der Waals surface area contributed by atoms with Gasteiger partial charge in [0.15, 0.2) is 11.5 Å². The summed E-state index contributed by atoms with van der Waals surface area (Å²) < 4.78 is 24.2. The summed E-state index contributed by atoms with van der Waals surface area (Å²) >= 11 is 0. The molecule has 10 heteroatoms. The van der Waals surface area contributed by atoms with Crippen molar-refractivity contribution in [3.8, 4) is 11.5 Å². The van der Waals surface area contributed by atoms with Crippen molar-refractivity contribution in [3.63, 3.8) is 0 Å². The Morgan fingerprint density at radius 1 is 1.00 bits per heavy atom. The molecule has 1 fully saturated rings. The monoisotopic (exact) mass is 465 g/mol. The summed E-state index contributed by atoms with van der Waals surface area (Å²) in [6.45, 7) is 4.24. The number of hydrogen-bond acceptors (Lipinski definition) is 9. The third kappa shape index (κ3) is 6.09. The molecule has 0 atom stereocenters. The van der Waals surface area contributed by atoms with Crippen LogP contribution >= 0.6 is 0 Å². The molecule has 178 valence electrons. The molecule has 1 aliphatic rings. The summed E-state index contributed by atoms with van der Waals surface area (Å²) in [6, 6.07) is 11.6. The van der Waals surface area contributed by atoms with Gasteiger partial charge in [-0.3, -0.25) is 0 Å². The van der Waals surface area contributed by atoms with Gasteiger partial charge in [-0.2, -0.15) is 20.1 Å². The third-order valence-electron chi connectivity index (χ3n) is 5.23. The van der Waals surface area contributed by atoms with Crippen molar-refractivity contribution in [2.75, 3.05) is 42.4 Å². The minimum Gasteiger partial charge on any atom is -0.493 e. The van der Waals surface area contributed by atoms with Gasteiger partial charge >= 0.3 is 0 Å². The zero-order valence-electron chi connectivity index (χ0n) is 19.3. The predicted molar refractivity (Wildman–Crippen MR) is 131 cm³/mol. The summed E-state index contributed by atoms with van der Waals surface area (Å²) in [7, 11) is 1.60. The maximum atomic E-state index is 13.3. The fraction of sp³-hybridized carbons (Fsp3) is 0.333. The van der Waals surface area contributed by atoms with Crippen molar-refractivity contribution in [2.45, 2.75) is 26.2 Å². The maximum absolute atomic E-state index is 13.3. The van der Waals surface area contributed by atoms with E-state index in [-0.39, 0.29) is 5.82 Å². The lowest BCUT2D eigenvalue weighted by atomic mass is 10.1.